The van der Waals surface area contributed by atoms with Gasteiger partial charge in [-0.25, -0.2) is 9.67 Å². The van der Waals surface area contributed by atoms with E-state index in [1.807, 2.05) is 49.4 Å². The number of nitrogens with one attached hydrogen (secondary N) is 1. The number of ether oxygens (including phenoxy) is 1. The predicted molar refractivity (Wildman–Crippen MR) is 118 cm³/mol. The number of hydrogen-bond donors (Lipinski definition) is 1. The average molecular weight is 440 g/mol. The van der Waals surface area contributed by atoms with Crippen LogP contribution in [-0.2, 0) is 0 Å². The monoisotopic (exact) mass is 439 g/mol. The van der Waals surface area contributed by atoms with Crippen LogP contribution < -0.4 is 10.1 Å². The molecule has 0 atom stereocenters. The average Bonchev–Trinajstić information content (AvgIpc) is 3.30. The van der Waals surface area contributed by atoms with Crippen molar-refractivity contribution in [3.8, 4) is 22.7 Å². The van der Waals surface area contributed by atoms with Gasteiger partial charge in [-0.05, 0) is 50.2 Å². The number of rotatable bonds is 5. The third-order valence-corrected chi connectivity index (χ3v) is 5.78. The summed E-state index contributed by atoms with van der Waals surface area (Å²) in [5.41, 5.74) is 3.23. The van der Waals surface area contributed by atoms with Crippen LogP contribution in [0.15, 0.2) is 48.5 Å². The summed E-state index contributed by atoms with van der Waals surface area (Å²) in [5.74, 6) is 0.401. The minimum absolute atomic E-state index is 0.216. The number of anilines is 1. The Morgan fingerprint density at radius 2 is 1.87 bits per heavy atom. The number of carbonyl (C=O) groups excluding carboxylic acids is 1. The molecule has 152 valence electrons. The number of halogens is 1. The molecule has 1 N–H and O–H groups in total. The van der Waals surface area contributed by atoms with Gasteiger partial charge in [0.1, 0.15) is 5.75 Å². The molecule has 0 spiro atoms. The number of thiazole rings is 1. The van der Waals surface area contributed by atoms with E-state index in [-0.39, 0.29) is 11.6 Å². The fourth-order valence-electron chi connectivity index (χ4n) is 3.01. The summed E-state index contributed by atoms with van der Waals surface area (Å²) >= 11 is 7.64. The fraction of sp³-hybridized carbons (Fsp3) is 0.143. The molecule has 0 saturated heterocycles. The van der Waals surface area contributed by atoms with Gasteiger partial charge in [0, 0.05) is 10.4 Å². The Morgan fingerprint density at radius 1 is 1.13 bits per heavy atom. The topological polar surface area (TPSA) is 81.9 Å². The summed E-state index contributed by atoms with van der Waals surface area (Å²) in [4.78, 5) is 18.4. The van der Waals surface area contributed by atoms with Crippen LogP contribution in [0.25, 0.3) is 16.9 Å². The van der Waals surface area contributed by atoms with Crippen molar-refractivity contribution in [2.45, 2.75) is 13.8 Å². The van der Waals surface area contributed by atoms with Crippen molar-refractivity contribution in [2.24, 2.45) is 0 Å². The van der Waals surface area contributed by atoms with Crippen LogP contribution in [0.4, 0.5) is 5.13 Å². The smallest absolute Gasteiger partial charge is 0.279 e. The number of benzene rings is 2. The zero-order valence-electron chi connectivity index (χ0n) is 16.5. The standard InChI is InChI=1S/C21H18ClN5O2S/c1-12-18(25-26-27(12)17-7-5-4-6-16(17)22)20(28)24-21-23-19(13(2)30-21)14-8-10-15(29-3)11-9-14/h4-11H,1-3H3,(H,23,24,28). The second-order valence-electron chi connectivity index (χ2n) is 6.49. The number of hydrogen-bond acceptors (Lipinski definition) is 6. The van der Waals surface area contributed by atoms with Gasteiger partial charge < -0.3 is 4.74 Å². The molecule has 1 amide bonds. The molecule has 7 nitrogen and oxygen atoms in total. The lowest BCUT2D eigenvalue weighted by Crippen LogP contribution is -2.14. The molecule has 4 aromatic rings. The van der Waals surface area contributed by atoms with Crippen LogP contribution in [0.1, 0.15) is 21.1 Å². The van der Waals surface area contributed by atoms with Crippen LogP contribution in [0.3, 0.4) is 0 Å². The molecule has 2 aromatic heterocycles. The van der Waals surface area contributed by atoms with Crippen LogP contribution in [-0.4, -0.2) is 33.0 Å². The number of amides is 1. The summed E-state index contributed by atoms with van der Waals surface area (Å²) < 4.78 is 6.75. The summed E-state index contributed by atoms with van der Waals surface area (Å²) in [5, 5.41) is 12.0. The quantitative estimate of drug-likeness (QED) is 0.477. The molecule has 9 heteroatoms. The molecule has 0 fully saturated rings. The first-order valence-electron chi connectivity index (χ1n) is 9.08. The van der Waals surface area contributed by atoms with Crippen molar-refractivity contribution in [2.75, 3.05) is 12.4 Å². The van der Waals surface area contributed by atoms with Gasteiger partial charge in [-0.2, -0.15) is 0 Å². The highest BCUT2D eigenvalue weighted by Crippen LogP contribution is 2.31. The van der Waals surface area contributed by atoms with E-state index < -0.39 is 0 Å². The molecule has 2 aromatic carbocycles. The highest BCUT2D eigenvalue weighted by molar-refractivity contribution is 7.16. The number of para-hydroxylation sites is 1. The molecule has 0 unspecified atom stereocenters. The minimum Gasteiger partial charge on any atom is -0.497 e. The number of aryl methyl sites for hydroxylation is 1. The van der Waals surface area contributed by atoms with Crippen molar-refractivity contribution in [1.82, 2.24) is 20.0 Å². The van der Waals surface area contributed by atoms with Crippen LogP contribution in [0.2, 0.25) is 5.02 Å². The zero-order chi connectivity index (χ0) is 21.3. The molecule has 0 aliphatic rings. The highest BCUT2D eigenvalue weighted by atomic mass is 35.5. The van der Waals surface area contributed by atoms with E-state index in [0.717, 1.165) is 21.9 Å². The molecule has 0 bridgehead atoms. The Bertz CT molecular complexity index is 1220. The first kappa shape index (κ1) is 20.1. The van der Waals surface area contributed by atoms with E-state index in [1.165, 1.54) is 11.3 Å². The molecule has 4 rings (SSSR count). The third-order valence-electron chi connectivity index (χ3n) is 4.57. The molecular formula is C21H18ClN5O2S. The van der Waals surface area contributed by atoms with Crippen molar-refractivity contribution < 1.29 is 9.53 Å². The predicted octanol–water partition coefficient (Wildman–Crippen LogP) is 4.92. The Balaban J connectivity index is 1.57. The summed E-state index contributed by atoms with van der Waals surface area (Å²) in [6.07, 6.45) is 0. The molecule has 30 heavy (non-hydrogen) atoms. The summed E-state index contributed by atoms with van der Waals surface area (Å²) in [6, 6.07) is 14.9. The van der Waals surface area contributed by atoms with Gasteiger partial charge in [0.25, 0.3) is 5.91 Å². The van der Waals surface area contributed by atoms with Gasteiger partial charge in [0.2, 0.25) is 0 Å². The first-order valence-corrected chi connectivity index (χ1v) is 10.3. The van der Waals surface area contributed by atoms with E-state index in [9.17, 15) is 4.79 Å². The van der Waals surface area contributed by atoms with Crippen LogP contribution >= 0.6 is 22.9 Å². The van der Waals surface area contributed by atoms with E-state index in [2.05, 4.69) is 20.6 Å². The van der Waals surface area contributed by atoms with E-state index in [1.54, 1.807) is 24.8 Å². The van der Waals surface area contributed by atoms with Gasteiger partial charge in [-0.15, -0.1) is 16.4 Å². The maximum Gasteiger partial charge on any atom is 0.279 e. The maximum atomic E-state index is 12.8. The van der Waals surface area contributed by atoms with E-state index in [0.29, 0.717) is 21.5 Å². The molecule has 0 aliphatic heterocycles. The second-order valence-corrected chi connectivity index (χ2v) is 8.10. The van der Waals surface area contributed by atoms with Gasteiger partial charge in [0.05, 0.1) is 29.2 Å². The van der Waals surface area contributed by atoms with Crippen molar-refractivity contribution in [3.05, 3.63) is 69.8 Å². The Morgan fingerprint density at radius 3 is 2.57 bits per heavy atom. The molecular weight excluding hydrogens is 422 g/mol. The molecule has 0 aliphatic carbocycles. The lowest BCUT2D eigenvalue weighted by Gasteiger charge is -2.05. The lowest BCUT2D eigenvalue weighted by atomic mass is 10.1. The summed E-state index contributed by atoms with van der Waals surface area (Å²) in [7, 11) is 1.63. The Hall–Kier alpha value is -3.23. The first-order chi connectivity index (χ1) is 14.5. The largest absolute Gasteiger partial charge is 0.497 e. The van der Waals surface area contributed by atoms with Crippen LogP contribution in [0, 0.1) is 13.8 Å². The minimum atomic E-state index is -0.374. The zero-order valence-corrected chi connectivity index (χ0v) is 18.1. The third kappa shape index (κ3) is 3.79. The van der Waals surface area contributed by atoms with Crippen molar-refractivity contribution in [1.29, 1.82) is 0 Å². The van der Waals surface area contributed by atoms with Gasteiger partial charge >= 0.3 is 0 Å². The SMILES string of the molecule is COc1ccc(-c2nc(NC(=O)c3nnn(-c4ccccc4Cl)c3C)sc2C)cc1. The second kappa shape index (κ2) is 8.25. The van der Waals surface area contributed by atoms with E-state index in [4.69, 9.17) is 16.3 Å². The normalized spacial score (nSPS) is 10.8. The lowest BCUT2D eigenvalue weighted by molar-refractivity contribution is 0.102. The van der Waals surface area contributed by atoms with Crippen molar-refractivity contribution in [3.63, 3.8) is 0 Å². The maximum absolute atomic E-state index is 12.8. The number of carbonyl (C=O) groups is 1. The summed E-state index contributed by atoms with van der Waals surface area (Å²) in [6.45, 7) is 3.74. The highest BCUT2D eigenvalue weighted by Gasteiger charge is 2.20. The van der Waals surface area contributed by atoms with E-state index >= 15 is 0 Å². The van der Waals surface area contributed by atoms with Gasteiger partial charge in [-0.3, -0.25) is 10.1 Å². The molecule has 2 heterocycles. The van der Waals surface area contributed by atoms with Crippen LogP contribution in [0.5, 0.6) is 5.75 Å². The number of aromatic nitrogens is 4. The number of nitrogens with zero attached hydrogens (tertiary/aromatic N) is 4. The molecule has 0 saturated carbocycles. The Kier molecular flexibility index (Phi) is 5.52. The Labute approximate surface area is 182 Å². The molecule has 0 radical (unpaired) electrons. The number of methoxy groups -OCH3 is 1. The van der Waals surface area contributed by atoms with Gasteiger partial charge in [0.15, 0.2) is 10.8 Å². The van der Waals surface area contributed by atoms with Crippen molar-refractivity contribution >= 4 is 34.0 Å². The van der Waals surface area contributed by atoms with Gasteiger partial charge in [-0.1, -0.05) is 28.9 Å². The fourth-order valence-corrected chi connectivity index (χ4v) is 4.06.